The lowest BCUT2D eigenvalue weighted by atomic mass is 9.81. The number of aliphatic hydroxyl groups is 1. The van der Waals surface area contributed by atoms with Crippen LogP contribution in [0.15, 0.2) is 48.9 Å². The van der Waals surface area contributed by atoms with E-state index in [0.29, 0.717) is 35.0 Å². The Hall–Kier alpha value is -3.66. The zero-order valence-electron chi connectivity index (χ0n) is 21.0. The second kappa shape index (κ2) is 9.02. The first kappa shape index (κ1) is 25.0. The van der Waals surface area contributed by atoms with Gasteiger partial charge in [-0.1, -0.05) is 18.2 Å². The third-order valence-electron chi connectivity index (χ3n) is 6.87. The molecule has 1 atom stereocenters. The molecule has 0 aliphatic carbocycles. The van der Waals surface area contributed by atoms with Crippen molar-refractivity contribution in [3.63, 3.8) is 0 Å². The van der Waals surface area contributed by atoms with E-state index in [9.17, 15) is 13.9 Å². The van der Waals surface area contributed by atoms with Gasteiger partial charge in [0.25, 0.3) is 0 Å². The topological polar surface area (TPSA) is 75.8 Å². The molecule has 1 unspecified atom stereocenters. The summed E-state index contributed by atoms with van der Waals surface area (Å²) < 4.78 is 50.0. The molecule has 1 saturated heterocycles. The van der Waals surface area contributed by atoms with E-state index >= 15 is 4.39 Å². The second-order valence-corrected chi connectivity index (χ2v) is 9.98. The van der Waals surface area contributed by atoms with Gasteiger partial charge in [-0.3, -0.25) is 0 Å². The fourth-order valence-corrected chi connectivity index (χ4v) is 4.50. The van der Waals surface area contributed by atoms with Crippen LogP contribution in [0.25, 0.3) is 16.8 Å². The number of aryl methyl sites for hydroxylation is 1. The molecule has 1 N–H and O–H groups in total. The van der Waals surface area contributed by atoms with Gasteiger partial charge in [0.05, 0.1) is 18.8 Å². The highest BCUT2D eigenvalue weighted by atomic mass is 19.1. The van der Waals surface area contributed by atoms with Gasteiger partial charge in [0.2, 0.25) is 12.3 Å². The number of pyridine rings is 1. The zero-order chi connectivity index (χ0) is 26.5. The van der Waals surface area contributed by atoms with Crippen LogP contribution in [0.5, 0.6) is 5.75 Å². The molecule has 10 heteroatoms. The van der Waals surface area contributed by atoms with Crippen LogP contribution in [0.2, 0.25) is 0 Å². The van der Waals surface area contributed by atoms with Gasteiger partial charge in [-0.15, -0.1) is 0 Å². The smallest absolute Gasteiger partial charge is 0.235 e. The summed E-state index contributed by atoms with van der Waals surface area (Å²) in [5.74, 6) is 0.289. The molecular formula is C27H28F3N5O2. The fourth-order valence-electron chi connectivity index (χ4n) is 4.50. The molecule has 1 aromatic carbocycles. The first-order chi connectivity index (χ1) is 17.4. The van der Waals surface area contributed by atoms with E-state index in [4.69, 9.17) is 4.74 Å². The summed E-state index contributed by atoms with van der Waals surface area (Å²) in [7, 11) is 0. The van der Waals surface area contributed by atoms with Crippen LogP contribution in [-0.2, 0) is 6.42 Å². The van der Waals surface area contributed by atoms with Crippen molar-refractivity contribution in [2.75, 3.05) is 18.0 Å². The minimum atomic E-state index is -1.75. The minimum Gasteiger partial charge on any atom is -0.460 e. The molecule has 1 fully saturated rings. The standard InChI is InChI=1S/C27H28F3N5O2/c1-16-22(9-18-7-5-6-8-23(18)37-17(2)28)35-13-20(21(29)10-24(35)33-16)19-11-31-25(32-12-19)34-14-27(36,15-34)26(3,4)30/h5-8,10-13,17,36H,9,14-15H2,1-4H3. The number of benzene rings is 1. The Balaban J connectivity index is 1.44. The number of para-hydroxylation sites is 1. The van der Waals surface area contributed by atoms with E-state index in [0.717, 1.165) is 11.3 Å². The summed E-state index contributed by atoms with van der Waals surface area (Å²) in [4.78, 5) is 14.8. The number of hydrogen-bond donors (Lipinski definition) is 1. The summed E-state index contributed by atoms with van der Waals surface area (Å²) in [5, 5.41) is 10.4. The highest BCUT2D eigenvalue weighted by molar-refractivity contribution is 5.65. The minimum absolute atomic E-state index is 0.0697. The molecule has 0 bridgehead atoms. The predicted octanol–water partition coefficient (Wildman–Crippen LogP) is 4.82. The van der Waals surface area contributed by atoms with Gasteiger partial charge >= 0.3 is 0 Å². The third-order valence-corrected chi connectivity index (χ3v) is 6.87. The Morgan fingerprint density at radius 3 is 2.51 bits per heavy atom. The number of nitrogens with zero attached hydrogens (tertiary/aromatic N) is 5. The van der Waals surface area contributed by atoms with Crippen molar-refractivity contribution in [1.29, 1.82) is 0 Å². The molecule has 1 aliphatic heterocycles. The zero-order valence-corrected chi connectivity index (χ0v) is 21.0. The molecule has 1 aliphatic rings. The Kier molecular flexibility index (Phi) is 6.10. The van der Waals surface area contributed by atoms with Crippen LogP contribution < -0.4 is 9.64 Å². The number of anilines is 1. The summed E-state index contributed by atoms with van der Waals surface area (Å²) >= 11 is 0. The lowest BCUT2D eigenvalue weighted by Gasteiger charge is -2.51. The molecule has 3 aromatic heterocycles. The van der Waals surface area contributed by atoms with Crippen molar-refractivity contribution in [3.05, 3.63) is 71.7 Å². The normalized spacial score (nSPS) is 16.1. The first-order valence-electron chi connectivity index (χ1n) is 12.0. The van der Waals surface area contributed by atoms with Gasteiger partial charge in [0.15, 0.2) is 0 Å². The maximum Gasteiger partial charge on any atom is 0.235 e. The van der Waals surface area contributed by atoms with Crippen LogP contribution in [0.1, 0.15) is 37.7 Å². The van der Waals surface area contributed by atoms with Gasteiger partial charge in [0.1, 0.15) is 28.5 Å². The Labute approximate surface area is 212 Å². The number of imidazole rings is 1. The fraction of sp³-hybridized carbons (Fsp3) is 0.370. The highest BCUT2D eigenvalue weighted by Crippen LogP contribution is 2.36. The van der Waals surface area contributed by atoms with Gasteiger partial charge in [0, 0.05) is 60.4 Å². The second-order valence-electron chi connectivity index (χ2n) is 9.98. The van der Waals surface area contributed by atoms with Gasteiger partial charge in [-0.05, 0) is 26.8 Å². The Bertz CT molecular complexity index is 1440. The molecule has 194 valence electrons. The number of alkyl halides is 2. The molecule has 4 aromatic rings. The maximum absolute atomic E-state index is 15.1. The number of rotatable bonds is 7. The van der Waals surface area contributed by atoms with E-state index in [1.54, 1.807) is 27.6 Å². The van der Waals surface area contributed by atoms with Crippen LogP contribution in [0.3, 0.4) is 0 Å². The molecular weight excluding hydrogens is 483 g/mol. The van der Waals surface area contributed by atoms with E-state index in [-0.39, 0.29) is 18.7 Å². The maximum atomic E-state index is 15.1. The van der Waals surface area contributed by atoms with Gasteiger partial charge < -0.3 is 19.1 Å². The number of hydrogen-bond acceptors (Lipinski definition) is 6. The molecule has 7 nitrogen and oxygen atoms in total. The summed E-state index contributed by atoms with van der Waals surface area (Å²) in [5.41, 5.74) is 0.269. The molecule has 5 rings (SSSR count). The molecule has 0 amide bonds. The number of aromatic nitrogens is 4. The predicted molar refractivity (Wildman–Crippen MR) is 134 cm³/mol. The van der Waals surface area contributed by atoms with E-state index in [1.165, 1.54) is 39.2 Å². The number of β-amino-alcohol motifs (C(OH)–C–C–N with tert-alkyl or cyclic N) is 1. The summed E-state index contributed by atoms with van der Waals surface area (Å²) in [6.45, 7) is 5.98. The highest BCUT2D eigenvalue weighted by Gasteiger charge is 2.53. The van der Waals surface area contributed by atoms with Crippen molar-refractivity contribution in [1.82, 2.24) is 19.4 Å². The number of halogens is 3. The average Bonchev–Trinajstić information content (AvgIpc) is 3.10. The third kappa shape index (κ3) is 4.61. The molecule has 0 radical (unpaired) electrons. The lowest BCUT2D eigenvalue weighted by molar-refractivity contribution is -0.103. The van der Waals surface area contributed by atoms with E-state index in [1.807, 2.05) is 19.1 Å². The quantitative estimate of drug-likeness (QED) is 0.383. The Morgan fingerprint density at radius 1 is 1.19 bits per heavy atom. The van der Waals surface area contributed by atoms with Crippen molar-refractivity contribution in [2.24, 2.45) is 0 Å². The van der Waals surface area contributed by atoms with Crippen molar-refractivity contribution < 1.29 is 23.0 Å². The molecule has 4 heterocycles. The molecule has 0 spiro atoms. The summed E-state index contributed by atoms with van der Waals surface area (Å²) in [6.07, 6.45) is 3.59. The number of ether oxygens (including phenoxy) is 1. The van der Waals surface area contributed by atoms with Crippen molar-refractivity contribution >= 4 is 11.6 Å². The average molecular weight is 512 g/mol. The van der Waals surface area contributed by atoms with Gasteiger partial charge in [-0.2, -0.15) is 0 Å². The first-order valence-corrected chi connectivity index (χ1v) is 12.0. The lowest BCUT2D eigenvalue weighted by Crippen LogP contribution is -2.70. The van der Waals surface area contributed by atoms with Crippen LogP contribution in [0.4, 0.5) is 19.1 Å². The van der Waals surface area contributed by atoms with Crippen LogP contribution in [-0.4, -0.2) is 55.2 Å². The van der Waals surface area contributed by atoms with Crippen LogP contribution >= 0.6 is 0 Å². The van der Waals surface area contributed by atoms with E-state index in [2.05, 4.69) is 15.0 Å². The molecule has 0 saturated carbocycles. The number of fused-ring (bicyclic) bond motifs is 1. The summed E-state index contributed by atoms with van der Waals surface area (Å²) in [6, 6.07) is 8.54. The van der Waals surface area contributed by atoms with Crippen molar-refractivity contribution in [2.45, 2.75) is 51.7 Å². The monoisotopic (exact) mass is 511 g/mol. The van der Waals surface area contributed by atoms with Crippen LogP contribution in [0, 0.1) is 12.7 Å². The Morgan fingerprint density at radius 2 is 1.86 bits per heavy atom. The molecule has 37 heavy (non-hydrogen) atoms. The van der Waals surface area contributed by atoms with E-state index < -0.39 is 23.4 Å². The van der Waals surface area contributed by atoms with Crippen molar-refractivity contribution in [3.8, 4) is 16.9 Å². The largest absolute Gasteiger partial charge is 0.460 e. The SMILES string of the molecule is Cc1nc2cc(F)c(-c3cnc(N4CC(O)(C(C)(C)F)C4)nc3)cn2c1Cc1ccccc1OC(C)F. The van der Waals surface area contributed by atoms with Gasteiger partial charge in [-0.25, -0.2) is 28.1 Å².